The SMILES string of the molecule is CN=CN/C(=C(\C)Cc1ccccc1)c1ccc(C)cc1. The van der Waals surface area contributed by atoms with Crippen LogP contribution in [0, 0.1) is 6.92 Å². The van der Waals surface area contributed by atoms with Crippen LogP contribution in [-0.4, -0.2) is 13.4 Å². The second kappa shape index (κ2) is 7.44. The average Bonchev–Trinajstić information content (AvgIpc) is 2.50. The fraction of sp³-hybridized carbons (Fsp3) is 0.211. The summed E-state index contributed by atoms with van der Waals surface area (Å²) in [4.78, 5) is 4.04. The summed E-state index contributed by atoms with van der Waals surface area (Å²) >= 11 is 0. The summed E-state index contributed by atoms with van der Waals surface area (Å²) in [5.74, 6) is 0. The molecule has 0 fully saturated rings. The molecule has 2 aromatic carbocycles. The standard InChI is InChI=1S/C19H22N2/c1-15-9-11-18(12-10-15)19(21-14-20-3)16(2)13-17-7-5-4-6-8-17/h4-12,14H,13H2,1-3H3,(H,20,21)/b19-16+. The highest BCUT2D eigenvalue weighted by Gasteiger charge is 2.06. The number of allylic oxidation sites excluding steroid dienone is 1. The number of nitrogens with zero attached hydrogens (tertiary/aromatic N) is 1. The Labute approximate surface area is 127 Å². The lowest BCUT2D eigenvalue weighted by Crippen LogP contribution is -2.12. The minimum Gasteiger partial charge on any atom is -0.346 e. The molecule has 0 heterocycles. The molecule has 0 atom stereocenters. The van der Waals surface area contributed by atoms with E-state index in [-0.39, 0.29) is 0 Å². The van der Waals surface area contributed by atoms with Crippen molar-refractivity contribution in [1.82, 2.24) is 5.32 Å². The van der Waals surface area contributed by atoms with Gasteiger partial charge in [0.2, 0.25) is 0 Å². The molecule has 0 aliphatic heterocycles. The molecule has 0 bridgehead atoms. The van der Waals surface area contributed by atoms with Crippen molar-refractivity contribution in [2.75, 3.05) is 7.05 Å². The van der Waals surface area contributed by atoms with E-state index in [1.807, 2.05) is 6.07 Å². The Balaban J connectivity index is 2.33. The van der Waals surface area contributed by atoms with E-state index < -0.39 is 0 Å². The van der Waals surface area contributed by atoms with Gasteiger partial charge in [0.05, 0.1) is 6.34 Å². The van der Waals surface area contributed by atoms with E-state index in [4.69, 9.17) is 0 Å². The lowest BCUT2D eigenvalue weighted by molar-refractivity contribution is 1.11. The van der Waals surface area contributed by atoms with Crippen molar-refractivity contribution in [3.05, 3.63) is 76.9 Å². The molecule has 0 aliphatic carbocycles. The first-order valence-electron chi connectivity index (χ1n) is 7.18. The van der Waals surface area contributed by atoms with Gasteiger partial charge >= 0.3 is 0 Å². The first-order chi connectivity index (χ1) is 10.2. The van der Waals surface area contributed by atoms with Gasteiger partial charge in [0.15, 0.2) is 0 Å². The molecule has 0 aliphatic rings. The molecule has 21 heavy (non-hydrogen) atoms. The summed E-state index contributed by atoms with van der Waals surface area (Å²) in [5.41, 5.74) is 6.20. The number of aryl methyl sites for hydroxylation is 1. The number of nitrogens with one attached hydrogen (secondary N) is 1. The summed E-state index contributed by atoms with van der Waals surface area (Å²) in [5, 5.41) is 3.31. The van der Waals surface area contributed by atoms with Crippen molar-refractivity contribution in [3.63, 3.8) is 0 Å². The van der Waals surface area contributed by atoms with Crippen LogP contribution in [0.15, 0.2) is 65.2 Å². The van der Waals surface area contributed by atoms with Crippen molar-refractivity contribution in [2.24, 2.45) is 4.99 Å². The van der Waals surface area contributed by atoms with Crippen LogP contribution in [0.4, 0.5) is 0 Å². The quantitative estimate of drug-likeness (QED) is 0.643. The fourth-order valence-electron chi connectivity index (χ4n) is 2.29. The number of benzene rings is 2. The summed E-state index contributed by atoms with van der Waals surface area (Å²) in [6.07, 6.45) is 2.66. The predicted octanol–water partition coefficient (Wildman–Crippen LogP) is 4.22. The zero-order valence-corrected chi connectivity index (χ0v) is 12.9. The highest BCUT2D eigenvalue weighted by Crippen LogP contribution is 2.19. The molecule has 0 unspecified atom stereocenters. The largest absolute Gasteiger partial charge is 0.346 e. The zero-order valence-electron chi connectivity index (χ0n) is 12.9. The first kappa shape index (κ1) is 15.0. The van der Waals surface area contributed by atoms with E-state index in [9.17, 15) is 0 Å². The van der Waals surface area contributed by atoms with Gasteiger partial charge < -0.3 is 5.32 Å². The molecule has 0 radical (unpaired) electrons. The molecule has 2 heteroatoms. The smallest absolute Gasteiger partial charge is 0.0864 e. The van der Waals surface area contributed by atoms with Crippen molar-refractivity contribution >= 4 is 12.0 Å². The molecular formula is C19H22N2. The molecule has 2 aromatic rings. The van der Waals surface area contributed by atoms with Gasteiger partial charge in [-0.2, -0.15) is 0 Å². The third-order valence-corrected chi connectivity index (χ3v) is 3.42. The second-order valence-corrected chi connectivity index (χ2v) is 5.22. The molecule has 0 saturated heterocycles. The molecule has 2 rings (SSSR count). The van der Waals surface area contributed by atoms with Crippen LogP contribution in [0.3, 0.4) is 0 Å². The van der Waals surface area contributed by atoms with Crippen LogP contribution >= 0.6 is 0 Å². The molecule has 0 amide bonds. The third-order valence-electron chi connectivity index (χ3n) is 3.42. The van der Waals surface area contributed by atoms with E-state index in [1.54, 1.807) is 13.4 Å². The van der Waals surface area contributed by atoms with Gasteiger partial charge in [0, 0.05) is 12.7 Å². The normalized spacial score (nSPS) is 12.3. The van der Waals surface area contributed by atoms with Gasteiger partial charge in [-0.3, -0.25) is 4.99 Å². The number of aliphatic imine (C=N–C) groups is 1. The molecule has 108 valence electrons. The summed E-state index contributed by atoms with van der Waals surface area (Å²) in [7, 11) is 1.77. The molecule has 2 nitrogen and oxygen atoms in total. The minimum absolute atomic E-state index is 0.925. The third kappa shape index (κ3) is 4.32. The highest BCUT2D eigenvalue weighted by atomic mass is 14.9. The Bertz CT molecular complexity index is 622. The highest BCUT2D eigenvalue weighted by molar-refractivity contribution is 5.77. The van der Waals surface area contributed by atoms with E-state index in [1.165, 1.54) is 22.3 Å². The molecule has 1 N–H and O–H groups in total. The van der Waals surface area contributed by atoms with Gasteiger partial charge in [-0.25, -0.2) is 0 Å². The first-order valence-corrected chi connectivity index (χ1v) is 7.18. The summed E-state index contributed by atoms with van der Waals surface area (Å²) in [6.45, 7) is 4.27. The Morgan fingerprint density at radius 1 is 1.05 bits per heavy atom. The van der Waals surface area contributed by atoms with E-state index in [0.717, 1.165) is 12.1 Å². The van der Waals surface area contributed by atoms with E-state index >= 15 is 0 Å². The fourth-order valence-corrected chi connectivity index (χ4v) is 2.29. The summed E-state index contributed by atoms with van der Waals surface area (Å²) < 4.78 is 0. The predicted molar refractivity (Wildman–Crippen MR) is 91.5 cm³/mol. The molecule has 0 saturated carbocycles. The number of rotatable bonds is 5. The average molecular weight is 278 g/mol. The Kier molecular flexibility index (Phi) is 5.33. The monoisotopic (exact) mass is 278 g/mol. The Hall–Kier alpha value is -2.35. The van der Waals surface area contributed by atoms with Gasteiger partial charge in [-0.15, -0.1) is 0 Å². The van der Waals surface area contributed by atoms with E-state index in [0.29, 0.717) is 0 Å². The van der Waals surface area contributed by atoms with Crippen molar-refractivity contribution in [3.8, 4) is 0 Å². The summed E-state index contributed by atoms with van der Waals surface area (Å²) in [6, 6.07) is 19.1. The second-order valence-electron chi connectivity index (χ2n) is 5.22. The van der Waals surface area contributed by atoms with Gasteiger partial charge in [0.1, 0.15) is 0 Å². The Morgan fingerprint density at radius 2 is 1.71 bits per heavy atom. The number of hydrogen-bond acceptors (Lipinski definition) is 1. The molecular weight excluding hydrogens is 256 g/mol. The maximum Gasteiger partial charge on any atom is 0.0864 e. The van der Waals surface area contributed by atoms with Crippen molar-refractivity contribution in [2.45, 2.75) is 20.3 Å². The van der Waals surface area contributed by atoms with Crippen LogP contribution in [-0.2, 0) is 6.42 Å². The topological polar surface area (TPSA) is 24.4 Å². The van der Waals surface area contributed by atoms with Gasteiger partial charge in [-0.1, -0.05) is 60.2 Å². The van der Waals surface area contributed by atoms with Gasteiger partial charge in [0.25, 0.3) is 0 Å². The number of hydrogen-bond donors (Lipinski definition) is 1. The van der Waals surface area contributed by atoms with Crippen LogP contribution < -0.4 is 5.32 Å². The van der Waals surface area contributed by atoms with Gasteiger partial charge in [-0.05, 0) is 37.0 Å². The maximum atomic E-state index is 4.04. The molecule has 0 aromatic heterocycles. The zero-order chi connectivity index (χ0) is 15.1. The van der Waals surface area contributed by atoms with E-state index in [2.05, 4.69) is 72.7 Å². The lowest BCUT2D eigenvalue weighted by Gasteiger charge is -2.13. The van der Waals surface area contributed by atoms with Crippen LogP contribution in [0.2, 0.25) is 0 Å². The lowest BCUT2D eigenvalue weighted by atomic mass is 10.0. The van der Waals surface area contributed by atoms with Crippen LogP contribution in [0.1, 0.15) is 23.6 Å². The minimum atomic E-state index is 0.925. The maximum absolute atomic E-state index is 4.04. The van der Waals surface area contributed by atoms with Crippen molar-refractivity contribution < 1.29 is 0 Å². The Morgan fingerprint density at radius 3 is 2.33 bits per heavy atom. The van der Waals surface area contributed by atoms with Crippen LogP contribution in [0.5, 0.6) is 0 Å². The van der Waals surface area contributed by atoms with Crippen molar-refractivity contribution in [1.29, 1.82) is 0 Å². The van der Waals surface area contributed by atoms with Crippen LogP contribution in [0.25, 0.3) is 5.70 Å². The molecule has 0 spiro atoms.